The van der Waals surface area contributed by atoms with Gasteiger partial charge in [0.1, 0.15) is 12.4 Å². The van der Waals surface area contributed by atoms with E-state index in [9.17, 15) is 4.79 Å². The lowest BCUT2D eigenvalue weighted by molar-refractivity contribution is -0.123. The van der Waals surface area contributed by atoms with E-state index < -0.39 is 0 Å². The summed E-state index contributed by atoms with van der Waals surface area (Å²) in [7, 11) is 1.85. The summed E-state index contributed by atoms with van der Waals surface area (Å²) >= 11 is 0. The first-order valence-corrected chi connectivity index (χ1v) is 8.14. The molecule has 0 fully saturated rings. The van der Waals surface area contributed by atoms with Crippen LogP contribution in [0.2, 0.25) is 0 Å². The molecule has 1 amide bonds. The van der Waals surface area contributed by atoms with E-state index in [-0.39, 0.29) is 11.8 Å². The van der Waals surface area contributed by atoms with Gasteiger partial charge in [-0.2, -0.15) is 0 Å². The molecule has 1 unspecified atom stereocenters. The summed E-state index contributed by atoms with van der Waals surface area (Å²) in [5.41, 5.74) is 3.30. The van der Waals surface area contributed by atoms with Crippen molar-refractivity contribution in [2.45, 2.75) is 26.2 Å². The lowest BCUT2D eigenvalue weighted by atomic mass is 9.95. The number of carbonyl (C=O) groups is 1. The van der Waals surface area contributed by atoms with Gasteiger partial charge in [-0.25, -0.2) is 0 Å². The number of ether oxygens (including phenoxy) is 1. The van der Waals surface area contributed by atoms with E-state index in [1.54, 1.807) is 4.90 Å². The lowest BCUT2D eigenvalue weighted by Gasteiger charge is -2.28. The maximum atomic E-state index is 12.8. The van der Waals surface area contributed by atoms with E-state index in [1.165, 1.54) is 5.56 Å². The molecular formula is C20H23NO2. The normalized spacial score (nSPS) is 16.6. The highest BCUT2D eigenvalue weighted by Crippen LogP contribution is 2.29. The first kappa shape index (κ1) is 15.6. The first-order valence-electron chi connectivity index (χ1n) is 8.14. The van der Waals surface area contributed by atoms with Gasteiger partial charge in [0.15, 0.2) is 0 Å². The van der Waals surface area contributed by atoms with Crippen LogP contribution in [0.15, 0.2) is 48.5 Å². The number of hydrogen-bond donors (Lipinski definition) is 0. The minimum atomic E-state index is -0.127. The van der Waals surface area contributed by atoms with Crippen LogP contribution in [0.5, 0.6) is 5.75 Å². The average Bonchev–Trinajstić information content (AvgIpc) is 2.60. The van der Waals surface area contributed by atoms with E-state index in [0.717, 1.165) is 23.4 Å². The van der Waals surface area contributed by atoms with E-state index in [2.05, 4.69) is 26.0 Å². The minimum absolute atomic E-state index is 0.111. The smallest absolute Gasteiger partial charge is 0.233 e. The van der Waals surface area contributed by atoms with Gasteiger partial charge >= 0.3 is 0 Å². The molecular weight excluding hydrogens is 286 g/mol. The van der Waals surface area contributed by atoms with Crippen molar-refractivity contribution in [3.8, 4) is 5.75 Å². The van der Waals surface area contributed by atoms with Crippen LogP contribution in [-0.2, 0) is 11.2 Å². The van der Waals surface area contributed by atoms with Gasteiger partial charge in [0.05, 0.1) is 5.92 Å². The van der Waals surface area contributed by atoms with Crippen molar-refractivity contribution in [3.63, 3.8) is 0 Å². The molecule has 0 saturated carbocycles. The third-order valence-electron chi connectivity index (χ3n) is 4.48. The fourth-order valence-corrected chi connectivity index (χ4v) is 2.98. The highest BCUT2D eigenvalue weighted by molar-refractivity contribution is 5.95. The Morgan fingerprint density at radius 3 is 2.74 bits per heavy atom. The van der Waals surface area contributed by atoms with Crippen LogP contribution in [0.25, 0.3) is 0 Å². The Balaban J connectivity index is 1.77. The highest BCUT2D eigenvalue weighted by atomic mass is 16.5. The number of para-hydroxylation sites is 1. The molecule has 0 N–H and O–H groups in total. The van der Waals surface area contributed by atoms with Gasteiger partial charge in [-0.3, -0.25) is 4.79 Å². The number of amides is 1. The summed E-state index contributed by atoms with van der Waals surface area (Å²) in [5.74, 6) is 1.34. The van der Waals surface area contributed by atoms with Gasteiger partial charge in [-0.05, 0) is 41.7 Å². The molecule has 2 aromatic rings. The van der Waals surface area contributed by atoms with Crippen molar-refractivity contribution in [1.29, 1.82) is 0 Å². The van der Waals surface area contributed by atoms with Crippen molar-refractivity contribution in [2.75, 3.05) is 18.6 Å². The zero-order valence-corrected chi connectivity index (χ0v) is 14.0. The van der Waals surface area contributed by atoms with Crippen LogP contribution in [0.4, 0.5) is 5.69 Å². The lowest BCUT2D eigenvalue weighted by Crippen LogP contribution is -2.38. The van der Waals surface area contributed by atoms with Crippen molar-refractivity contribution < 1.29 is 9.53 Å². The minimum Gasteiger partial charge on any atom is -0.492 e. The molecule has 3 rings (SSSR count). The summed E-state index contributed by atoms with van der Waals surface area (Å²) in [5, 5.41) is 0. The fourth-order valence-electron chi connectivity index (χ4n) is 2.98. The zero-order valence-electron chi connectivity index (χ0n) is 14.0. The van der Waals surface area contributed by atoms with Crippen molar-refractivity contribution >= 4 is 11.6 Å². The van der Waals surface area contributed by atoms with Crippen molar-refractivity contribution in [2.24, 2.45) is 5.92 Å². The topological polar surface area (TPSA) is 29.5 Å². The van der Waals surface area contributed by atoms with Crippen LogP contribution in [0, 0.1) is 5.92 Å². The maximum Gasteiger partial charge on any atom is 0.233 e. The largest absolute Gasteiger partial charge is 0.492 e. The van der Waals surface area contributed by atoms with E-state index >= 15 is 0 Å². The number of nitrogens with zero attached hydrogens (tertiary/aromatic N) is 1. The van der Waals surface area contributed by atoms with Gasteiger partial charge in [-0.15, -0.1) is 0 Å². The first-order chi connectivity index (χ1) is 11.1. The second-order valence-corrected chi connectivity index (χ2v) is 6.47. The second kappa shape index (κ2) is 6.45. The molecule has 1 aliphatic rings. The monoisotopic (exact) mass is 309 g/mol. The summed E-state index contributed by atoms with van der Waals surface area (Å²) in [6, 6.07) is 16.2. The van der Waals surface area contributed by atoms with Crippen LogP contribution in [-0.4, -0.2) is 19.6 Å². The predicted octanol–water partition coefficient (Wildman–Crippen LogP) is 4.02. The Morgan fingerprint density at radius 2 is 1.96 bits per heavy atom. The SMILES string of the molecule is CC(C)c1cccc(N(C)C(=O)C2COc3ccccc3C2)c1. The molecule has 0 aromatic heterocycles. The Hall–Kier alpha value is -2.29. The molecule has 0 bridgehead atoms. The molecule has 0 radical (unpaired) electrons. The number of carbonyl (C=O) groups excluding carboxylic acids is 1. The van der Waals surface area contributed by atoms with Gasteiger partial charge in [0.25, 0.3) is 0 Å². The van der Waals surface area contributed by atoms with E-state index in [0.29, 0.717) is 12.5 Å². The molecule has 3 heteroatoms. The molecule has 1 aliphatic heterocycles. The van der Waals surface area contributed by atoms with Crippen molar-refractivity contribution in [1.82, 2.24) is 0 Å². The van der Waals surface area contributed by atoms with Gasteiger partial charge < -0.3 is 9.64 Å². The summed E-state index contributed by atoms with van der Waals surface area (Å²) in [6.07, 6.45) is 0.739. The summed E-state index contributed by atoms with van der Waals surface area (Å²) in [6.45, 7) is 4.77. The van der Waals surface area contributed by atoms with Crippen molar-refractivity contribution in [3.05, 3.63) is 59.7 Å². The van der Waals surface area contributed by atoms with Gasteiger partial charge in [0.2, 0.25) is 5.91 Å². The van der Waals surface area contributed by atoms with Crippen LogP contribution in [0.3, 0.4) is 0 Å². The standard InChI is InChI=1S/C20H23NO2/c1-14(2)15-8-6-9-18(12-15)21(3)20(22)17-11-16-7-4-5-10-19(16)23-13-17/h4-10,12,14,17H,11,13H2,1-3H3. The third-order valence-corrected chi connectivity index (χ3v) is 4.48. The predicted molar refractivity (Wildman–Crippen MR) is 93.1 cm³/mol. The Kier molecular flexibility index (Phi) is 4.37. The molecule has 3 nitrogen and oxygen atoms in total. The van der Waals surface area contributed by atoms with Crippen LogP contribution in [0.1, 0.15) is 30.9 Å². The quantitative estimate of drug-likeness (QED) is 0.857. The molecule has 120 valence electrons. The Morgan fingerprint density at radius 1 is 1.17 bits per heavy atom. The number of rotatable bonds is 3. The summed E-state index contributed by atoms with van der Waals surface area (Å²) in [4.78, 5) is 14.6. The molecule has 2 aromatic carbocycles. The summed E-state index contributed by atoms with van der Waals surface area (Å²) < 4.78 is 5.76. The molecule has 23 heavy (non-hydrogen) atoms. The fraction of sp³-hybridized carbons (Fsp3) is 0.350. The number of hydrogen-bond acceptors (Lipinski definition) is 2. The van der Waals surface area contributed by atoms with E-state index in [4.69, 9.17) is 4.74 Å². The van der Waals surface area contributed by atoms with E-state index in [1.807, 2.05) is 43.4 Å². The number of fused-ring (bicyclic) bond motifs is 1. The number of anilines is 1. The Labute approximate surface area is 137 Å². The van der Waals surface area contributed by atoms with Gasteiger partial charge in [-0.1, -0.05) is 44.2 Å². The molecule has 0 spiro atoms. The zero-order chi connectivity index (χ0) is 16.4. The molecule has 1 atom stereocenters. The molecule has 0 aliphatic carbocycles. The molecule has 1 heterocycles. The second-order valence-electron chi connectivity index (χ2n) is 6.47. The highest BCUT2D eigenvalue weighted by Gasteiger charge is 2.28. The maximum absolute atomic E-state index is 12.8. The molecule has 0 saturated heterocycles. The average molecular weight is 309 g/mol. The third kappa shape index (κ3) is 3.24. The Bertz CT molecular complexity index is 708. The van der Waals surface area contributed by atoms with Crippen LogP contribution < -0.4 is 9.64 Å². The number of benzene rings is 2. The van der Waals surface area contributed by atoms with Crippen LogP contribution >= 0.6 is 0 Å². The van der Waals surface area contributed by atoms with Gasteiger partial charge in [0, 0.05) is 12.7 Å².